The van der Waals surface area contributed by atoms with Crippen molar-refractivity contribution < 1.29 is 14.4 Å². The molecule has 2 N–H and O–H groups in total. The minimum Gasteiger partial charge on any atom is -0.478 e. The molecule has 7 heteroatoms. The van der Waals surface area contributed by atoms with Crippen LogP contribution in [0.4, 0.5) is 0 Å². The van der Waals surface area contributed by atoms with Crippen LogP contribution in [0.25, 0.3) is 0 Å². The maximum atomic E-state index is 10.9. The molecule has 2 aromatic rings. The van der Waals surface area contributed by atoms with Crippen molar-refractivity contribution in [2.75, 3.05) is 0 Å². The van der Waals surface area contributed by atoms with Crippen LogP contribution in [0, 0.1) is 6.92 Å². The number of rotatable bonds is 5. The lowest BCUT2D eigenvalue weighted by molar-refractivity contribution is 0.0694. The van der Waals surface area contributed by atoms with E-state index in [1.165, 1.54) is 12.5 Å². The largest absolute Gasteiger partial charge is 0.478 e. The Hall–Kier alpha value is -2.28. The van der Waals surface area contributed by atoms with Crippen molar-refractivity contribution in [3.05, 3.63) is 41.3 Å². The van der Waals surface area contributed by atoms with Gasteiger partial charge in [0.15, 0.2) is 5.76 Å². The Labute approximate surface area is 103 Å². The Morgan fingerprint density at radius 1 is 1.50 bits per heavy atom. The Balaban J connectivity index is 1.96. The second-order valence-electron chi connectivity index (χ2n) is 3.73. The summed E-state index contributed by atoms with van der Waals surface area (Å²) in [7, 11) is 0. The van der Waals surface area contributed by atoms with Crippen LogP contribution in [0.5, 0.6) is 0 Å². The van der Waals surface area contributed by atoms with Crippen molar-refractivity contribution in [1.82, 2.24) is 20.4 Å². The Kier molecular flexibility index (Phi) is 3.63. The van der Waals surface area contributed by atoms with Crippen molar-refractivity contribution in [2.45, 2.75) is 20.0 Å². The van der Waals surface area contributed by atoms with Crippen molar-refractivity contribution >= 4 is 5.97 Å². The molecule has 0 saturated carbocycles. The van der Waals surface area contributed by atoms with Gasteiger partial charge in [0, 0.05) is 18.8 Å². The Bertz CT molecular complexity index is 553. The van der Waals surface area contributed by atoms with E-state index in [0.717, 1.165) is 5.69 Å². The molecule has 2 heterocycles. The molecule has 18 heavy (non-hydrogen) atoms. The van der Waals surface area contributed by atoms with Crippen LogP contribution in [0.2, 0.25) is 0 Å². The van der Waals surface area contributed by atoms with Crippen LogP contribution < -0.4 is 5.32 Å². The summed E-state index contributed by atoms with van der Waals surface area (Å²) in [6, 6.07) is 1.81. The standard InChI is InChI=1S/C11H12N4O3/c1-7-2-8(18-15-7)3-12-5-10-9(11(16)17)4-13-6-14-10/h2,4,6,12H,3,5H2,1H3,(H,16,17). The van der Waals surface area contributed by atoms with Gasteiger partial charge in [-0.05, 0) is 6.92 Å². The maximum absolute atomic E-state index is 10.9. The molecule has 2 aromatic heterocycles. The van der Waals surface area contributed by atoms with Crippen molar-refractivity contribution in [1.29, 1.82) is 0 Å². The lowest BCUT2D eigenvalue weighted by atomic mass is 10.2. The average Bonchev–Trinajstić information content (AvgIpc) is 2.75. The van der Waals surface area contributed by atoms with Crippen LogP contribution in [0.3, 0.4) is 0 Å². The number of aromatic nitrogens is 3. The second kappa shape index (κ2) is 5.37. The van der Waals surface area contributed by atoms with Gasteiger partial charge >= 0.3 is 5.97 Å². The highest BCUT2D eigenvalue weighted by atomic mass is 16.5. The molecule has 0 bridgehead atoms. The summed E-state index contributed by atoms with van der Waals surface area (Å²) in [6.07, 6.45) is 2.60. The van der Waals surface area contributed by atoms with Crippen LogP contribution >= 0.6 is 0 Å². The van der Waals surface area contributed by atoms with Crippen LogP contribution in [-0.2, 0) is 13.1 Å². The first-order valence-corrected chi connectivity index (χ1v) is 5.32. The van der Waals surface area contributed by atoms with E-state index in [1.807, 2.05) is 13.0 Å². The normalized spacial score (nSPS) is 10.5. The number of carboxylic acid groups (broad SMARTS) is 1. The zero-order valence-electron chi connectivity index (χ0n) is 9.75. The van der Waals surface area contributed by atoms with E-state index in [1.54, 1.807) is 0 Å². The molecular weight excluding hydrogens is 236 g/mol. The molecule has 2 rings (SSSR count). The zero-order chi connectivity index (χ0) is 13.0. The van der Waals surface area contributed by atoms with Crippen LogP contribution in [0.15, 0.2) is 23.1 Å². The number of hydrogen-bond donors (Lipinski definition) is 2. The number of nitrogens with one attached hydrogen (secondary N) is 1. The fraction of sp³-hybridized carbons (Fsp3) is 0.273. The van der Waals surface area contributed by atoms with Gasteiger partial charge in [0.25, 0.3) is 0 Å². The third kappa shape index (κ3) is 2.89. The molecule has 0 aromatic carbocycles. The second-order valence-corrected chi connectivity index (χ2v) is 3.73. The summed E-state index contributed by atoms with van der Waals surface area (Å²) in [5.74, 6) is -0.346. The third-order valence-electron chi connectivity index (χ3n) is 2.29. The predicted molar refractivity (Wildman–Crippen MR) is 60.8 cm³/mol. The Morgan fingerprint density at radius 2 is 2.33 bits per heavy atom. The molecular formula is C11H12N4O3. The molecule has 0 saturated heterocycles. The molecule has 0 amide bonds. The van der Waals surface area contributed by atoms with Crippen molar-refractivity contribution in [3.8, 4) is 0 Å². The maximum Gasteiger partial charge on any atom is 0.339 e. The monoisotopic (exact) mass is 248 g/mol. The molecule has 0 unspecified atom stereocenters. The first kappa shape index (κ1) is 12.2. The smallest absolute Gasteiger partial charge is 0.339 e. The number of aromatic carboxylic acids is 1. The molecule has 7 nitrogen and oxygen atoms in total. The molecule has 94 valence electrons. The third-order valence-corrected chi connectivity index (χ3v) is 2.29. The number of carbonyl (C=O) groups is 1. The summed E-state index contributed by atoms with van der Waals surface area (Å²) >= 11 is 0. The fourth-order valence-electron chi connectivity index (χ4n) is 1.48. The zero-order valence-corrected chi connectivity index (χ0v) is 9.75. The van der Waals surface area contributed by atoms with E-state index in [4.69, 9.17) is 9.63 Å². The highest BCUT2D eigenvalue weighted by Crippen LogP contribution is 2.05. The van der Waals surface area contributed by atoms with E-state index >= 15 is 0 Å². The highest BCUT2D eigenvalue weighted by molar-refractivity contribution is 5.88. The SMILES string of the molecule is Cc1cc(CNCc2ncncc2C(=O)O)on1. The quantitative estimate of drug-likeness (QED) is 0.805. The van der Waals surface area contributed by atoms with E-state index < -0.39 is 5.97 Å². The van der Waals surface area contributed by atoms with E-state index in [9.17, 15) is 4.79 Å². The van der Waals surface area contributed by atoms with Crippen LogP contribution in [-0.4, -0.2) is 26.2 Å². The van der Waals surface area contributed by atoms with E-state index in [-0.39, 0.29) is 5.56 Å². The van der Waals surface area contributed by atoms with E-state index in [0.29, 0.717) is 24.5 Å². The van der Waals surface area contributed by atoms with Gasteiger partial charge in [0.05, 0.1) is 17.9 Å². The number of aryl methyl sites for hydroxylation is 1. The van der Waals surface area contributed by atoms with Gasteiger partial charge < -0.3 is 14.9 Å². The first-order valence-electron chi connectivity index (χ1n) is 5.32. The van der Waals surface area contributed by atoms with Gasteiger partial charge in [0.1, 0.15) is 11.9 Å². The summed E-state index contributed by atoms with van der Waals surface area (Å²) in [6.45, 7) is 2.62. The van der Waals surface area contributed by atoms with Crippen molar-refractivity contribution in [3.63, 3.8) is 0 Å². The molecule has 0 fully saturated rings. The average molecular weight is 248 g/mol. The first-order chi connectivity index (χ1) is 8.66. The summed E-state index contributed by atoms with van der Waals surface area (Å²) < 4.78 is 5.02. The topological polar surface area (TPSA) is 101 Å². The number of carboxylic acids is 1. The van der Waals surface area contributed by atoms with Crippen molar-refractivity contribution in [2.24, 2.45) is 0 Å². The molecule has 0 aliphatic heterocycles. The minimum absolute atomic E-state index is 0.0961. The van der Waals surface area contributed by atoms with Gasteiger partial charge in [-0.3, -0.25) is 0 Å². The van der Waals surface area contributed by atoms with Crippen LogP contribution in [0.1, 0.15) is 27.5 Å². The number of nitrogens with zero attached hydrogens (tertiary/aromatic N) is 3. The van der Waals surface area contributed by atoms with Gasteiger partial charge in [-0.2, -0.15) is 0 Å². The van der Waals surface area contributed by atoms with Gasteiger partial charge in [0.2, 0.25) is 0 Å². The summed E-state index contributed by atoms with van der Waals surface area (Å²) in [5, 5.41) is 15.7. The molecule has 0 aliphatic carbocycles. The lowest BCUT2D eigenvalue weighted by Gasteiger charge is -2.04. The molecule has 0 aliphatic rings. The minimum atomic E-state index is -1.04. The van der Waals surface area contributed by atoms with Gasteiger partial charge in [-0.25, -0.2) is 14.8 Å². The summed E-state index contributed by atoms with van der Waals surface area (Å²) in [4.78, 5) is 18.5. The van der Waals surface area contributed by atoms with Gasteiger partial charge in [-0.15, -0.1) is 0 Å². The molecule has 0 radical (unpaired) electrons. The summed E-state index contributed by atoms with van der Waals surface area (Å²) in [5.41, 5.74) is 1.34. The fourth-order valence-corrected chi connectivity index (χ4v) is 1.48. The molecule has 0 spiro atoms. The van der Waals surface area contributed by atoms with Gasteiger partial charge in [-0.1, -0.05) is 5.16 Å². The van der Waals surface area contributed by atoms with E-state index in [2.05, 4.69) is 20.4 Å². The highest BCUT2D eigenvalue weighted by Gasteiger charge is 2.11. The number of hydrogen-bond acceptors (Lipinski definition) is 6. The predicted octanol–water partition coefficient (Wildman–Crippen LogP) is 0.761. The Morgan fingerprint density at radius 3 is 3.00 bits per heavy atom. The lowest BCUT2D eigenvalue weighted by Crippen LogP contribution is -2.16. The molecule has 0 atom stereocenters.